The molecule has 1 atom stereocenters. The third kappa shape index (κ3) is 4.36. The molecule has 2 heterocycles. The second kappa shape index (κ2) is 8.54. The number of piperidine rings is 1. The first-order valence-corrected chi connectivity index (χ1v) is 9.94. The Morgan fingerprint density at radius 3 is 2.92 bits per heavy atom. The molecule has 1 saturated heterocycles. The summed E-state index contributed by atoms with van der Waals surface area (Å²) in [6.45, 7) is 6.16. The van der Waals surface area contributed by atoms with Gasteiger partial charge in [0, 0.05) is 25.1 Å². The minimum atomic E-state index is 0.116. The van der Waals surface area contributed by atoms with E-state index in [2.05, 4.69) is 11.9 Å². The molecule has 0 radical (unpaired) electrons. The molecule has 3 rings (SSSR count). The summed E-state index contributed by atoms with van der Waals surface area (Å²) in [5.41, 5.74) is 0.853. The molecule has 1 aromatic heterocycles. The molecule has 0 unspecified atom stereocenters. The summed E-state index contributed by atoms with van der Waals surface area (Å²) in [5.74, 6) is 2.05. The molecule has 1 aliphatic rings. The smallest absolute Gasteiger partial charge is 0.265 e. The van der Waals surface area contributed by atoms with E-state index >= 15 is 0 Å². The van der Waals surface area contributed by atoms with E-state index in [4.69, 9.17) is 9.47 Å². The fraction of sp³-hybridized carbons (Fsp3) is 0.500. The van der Waals surface area contributed by atoms with Gasteiger partial charge in [-0.05, 0) is 38.3 Å². The van der Waals surface area contributed by atoms with Crippen molar-refractivity contribution in [3.05, 3.63) is 39.8 Å². The molecular formula is C20H26N2O3S. The molecule has 0 bridgehead atoms. The summed E-state index contributed by atoms with van der Waals surface area (Å²) >= 11 is 1.53. The topological polar surface area (TPSA) is 51.7 Å². The van der Waals surface area contributed by atoms with E-state index < -0.39 is 0 Å². The minimum Gasteiger partial charge on any atom is -0.497 e. The Morgan fingerprint density at radius 2 is 2.19 bits per heavy atom. The van der Waals surface area contributed by atoms with E-state index in [0.717, 1.165) is 59.4 Å². The monoisotopic (exact) mass is 374 g/mol. The van der Waals surface area contributed by atoms with Crippen molar-refractivity contribution in [2.24, 2.45) is 5.92 Å². The molecule has 26 heavy (non-hydrogen) atoms. The van der Waals surface area contributed by atoms with Crippen LogP contribution in [0.15, 0.2) is 24.3 Å². The Hall–Kier alpha value is -2.08. The van der Waals surface area contributed by atoms with Gasteiger partial charge in [-0.1, -0.05) is 13.0 Å². The predicted octanol–water partition coefficient (Wildman–Crippen LogP) is 3.95. The Morgan fingerprint density at radius 1 is 1.38 bits per heavy atom. The number of amides is 1. The maximum absolute atomic E-state index is 12.9. The van der Waals surface area contributed by atoms with Crippen LogP contribution in [0.25, 0.3) is 0 Å². The van der Waals surface area contributed by atoms with Crippen molar-refractivity contribution in [2.75, 3.05) is 26.8 Å². The number of aryl methyl sites for hydroxylation is 2. The van der Waals surface area contributed by atoms with E-state index in [-0.39, 0.29) is 5.91 Å². The Balaban J connectivity index is 1.59. The molecule has 5 nitrogen and oxygen atoms in total. The maximum Gasteiger partial charge on any atom is 0.265 e. The molecule has 0 aliphatic carbocycles. The molecule has 1 aliphatic heterocycles. The average molecular weight is 375 g/mol. The molecule has 0 saturated carbocycles. The lowest BCUT2D eigenvalue weighted by molar-refractivity contribution is 0.0637. The molecule has 1 amide bonds. The van der Waals surface area contributed by atoms with Gasteiger partial charge in [0.2, 0.25) is 0 Å². The summed E-state index contributed by atoms with van der Waals surface area (Å²) in [6, 6.07) is 7.64. The zero-order valence-corrected chi connectivity index (χ0v) is 16.5. The molecule has 1 fully saturated rings. The molecule has 2 aromatic rings. The average Bonchev–Trinajstić information content (AvgIpc) is 3.07. The van der Waals surface area contributed by atoms with Crippen LogP contribution in [-0.2, 0) is 6.42 Å². The number of rotatable bonds is 6. The largest absolute Gasteiger partial charge is 0.497 e. The van der Waals surface area contributed by atoms with Crippen LogP contribution in [0.5, 0.6) is 11.5 Å². The zero-order valence-electron chi connectivity index (χ0n) is 15.7. The van der Waals surface area contributed by atoms with Crippen molar-refractivity contribution < 1.29 is 14.3 Å². The lowest BCUT2D eigenvalue weighted by Crippen LogP contribution is -2.41. The highest BCUT2D eigenvalue weighted by atomic mass is 32.1. The quantitative estimate of drug-likeness (QED) is 0.768. The number of ether oxygens (including phenoxy) is 2. The van der Waals surface area contributed by atoms with Crippen molar-refractivity contribution in [3.63, 3.8) is 0 Å². The zero-order chi connectivity index (χ0) is 18.5. The van der Waals surface area contributed by atoms with Crippen molar-refractivity contribution in [1.29, 1.82) is 0 Å². The number of carbonyl (C=O) groups excluding carboxylic acids is 1. The third-order valence-electron chi connectivity index (χ3n) is 4.67. The fourth-order valence-electron chi connectivity index (χ4n) is 3.24. The number of benzene rings is 1. The third-order valence-corrected chi connectivity index (χ3v) is 5.96. The van der Waals surface area contributed by atoms with Crippen molar-refractivity contribution >= 4 is 17.2 Å². The number of hydrogen-bond donors (Lipinski definition) is 0. The first-order valence-electron chi connectivity index (χ1n) is 9.13. The highest BCUT2D eigenvalue weighted by Gasteiger charge is 2.27. The van der Waals surface area contributed by atoms with Crippen LogP contribution in [0, 0.1) is 12.8 Å². The second-order valence-corrected chi connectivity index (χ2v) is 7.71. The summed E-state index contributed by atoms with van der Waals surface area (Å²) in [7, 11) is 1.65. The van der Waals surface area contributed by atoms with Crippen LogP contribution < -0.4 is 9.47 Å². The molecule has 1 aromatic carbocycles. The predicted molar refractivity (Wildman–Crippen MR) is 103 cm³/mol. The maximum atomic E-state index is 12.9. The Kier molecular flexibility index (Phi) is 6.14. The van der Waals surface area contributed by atoms with Crippen LogP contribution in [0.4, 0.5) is 0 Å². The minimum absolute atomic E-state index is 0.116. The number of hydrogen-bond acceptors (Lipinski definition) is 5. The fourth-order valence-corrected chi connectivity index (χ4v) is 4.21. The molecule has 0 N–H and O–H groups in total. The Labute approximate surface area is 159 Å². The molecule has 0 spiro atoms. The standard InChI is InChI=1S/C20H26N2O3S/c1-4-18-21-14(2)19(26-18)20(23)22-10-6-7-15(12-22)13-25-17-9-5-8-16(11-17)24-3/h5,8-9,11,15H,4,6-7,10,12-13H2,1-3H3/t15-/m1/s1. The van der Waals surface area contributed by atoms with Crippen LogP contribution >= 0.6 is 11.3 Å². The number of methoxy groups -OCH3 is 1. The lowest BCUT2D eigenvalue weighted by Gasteiger charge is -2.32. The summed E-state index contributed by atoms with van der Waals surface area (Å²) < 4.78 is 11.2. The van der Waals surface area contributed by atoms with Gasteiger partial charge in [-0.25, -0.2) is 4.98 Å². The molecular weight excluding hydrogens is 348 g/mol. The van der Waals surface area contributed by atoms with E-state index in [1.54, 1.807) is 7.11 Å². The SMILES string of the molecule is CCc1nc(C)c(C(=O)N2CCC[C@@H](COc3cccc(OC)c3)C2)s1. The normalized spacial score (nSPS) is 17.2. The van der Waals surface area contributed by atoms with Gasteiger partial charge in [0.1, 0.15) is 16.4 Å². The van der Waals surface area contributed by atoms with Gasteiger partial charge >= 0.3 is 0 Å². The van der Waals surface area contributed by atoms with Crippen molar-refractivity contribution in [3.8, 4) is 11.5 Å². The molecule has 140 valence electrons. The van der Waals surface area contributed by atoms with Crippen LogP contribution in [0.2, 0.25) is 0 Å². The number of aromatic nitrogens is 1. The van der Waals surface area contributed by atoms with E-state index in [0.29, 0.717) is 12.5 Å². The van der Waals surface area contributed by atoms with Gasteiger partial charge in [-0.3, -0.25) is 4.79 Å². The number of likely N-dealkylation sites (tertiary alicyclic amines) is 1. The number of nitrogens with zero attached hydrogens (tertiary/aromatic N) is 2. The van der Waals surface area contributed by atoms with Gasteiger partial charge in [0.15, 0.2) is 0 Å². The van der Waals surface area contributed by atoms with Gasteiger partial charge in [0.05, 0.1) is 24.4 Å². The van der Waals surface area contributed by atoms with Crippen molar-refractivity contribution in [1.82, 2.24) is 9.88 Å². The first kappa shape index (κ1) is 18.7. The summed E-state index contributed by atoms with van der Waals surface area (Å²) in [5, 5.41) is 1.03. The van der Waals surface area contributed by atoms with E-state index in [1.807, 2.05) is 36.1 Å². The van der Waals surface area contributed by atoms with Gasteiger partial charge in [-0.15, -0.1) is 11.3 Å². The lowest BCUT2D eigenvalue weighted by atomic mass is 9.98. The highest BCUT2D eigenvalue weighted by molar-refractivity contribution is 7.13. The van der Waals surface area contributed by atoms with E-state index in [1.165, 1.54) is 11.3 Å². The van der Waals surface area contributed by atoms with Gasteiger partial charge in [0.25, 0.3) is 5.91 Å². The van der Waals surface area contributed by atoms with E-state index in [9.17, 15) is 4.79 Å². The number of carbonyl (C=O) groups is 1. The van der Waals surface area contributed by atoms with Crippen LogP contribution in [0.1, 0.15) is 40.1 Å². The molecule has 6 heteroatoms. The first-order chi connectivity index (χ1) is 12.6. The van der Waals surface area contributed by atoms with Crippen molar-refractivity contribution in [2.45, 2.75) is 33.1 Å². The van der Waals surface area contributed by atoms with Gasteiger partial charge < -0.3 is 14.4 Å². The summed E-state index contributed by atoms with van der Waals surface area (Å²) in [6.07, 6.45) is 2.96. The highest BCUT2D eigenvalue weighted by Crippen LogP contribution is 2.25. The second-order valence-electron chi connectivity index (χ2n) is 6.63. The van der Waals surface area contributed by atoms with Crippen LogP contribution in [-0.4, -0.2) is 42.6 Å². The van der Waals surface area contributed by atoms with Crippen LogP contribution in [0.3, 0.4) is 0 Å². The number of thiazole rings is 1. The Bertz CT molecular complexity index is 759. The summed E-state index contributed by atoms with van der Waals surface area (Å²) in [4.78, 5) is 20.1. The van der Waals surface area contributed by atoms with Gasteiger partial charge in [-0.2, -0.15) is 0 Å².